The number of benzene rings is 3. The lowest BCUT2D eigenvalue weighted by molar-refractivity contribution is 0.102. The van der Waals surface area contributed by atoms with Crippen molar-refractivity contribution in [2.24, 2.45) is 0 Å². The number of nitrogens with one attached hydrogen (secondary N) is 1. The van der Waals surface area contributed by atoms with Crippen molar-refractivity contribution in [1.82, 2.24) is 0 Å². The van der Waals surface area contributed by atoms with Crippen LogP contribution in [0.25, 0.3) is 0 Å². The first-order valence-electron chi connectivity index (χ1n) is 8.06. The lowest BCUT2D eigenvalue weighted by Crippen LogP contribution is -2.11. The molecule has 0 aromatic heterocycles. The summed E-state index contributed by atoms with van der Waals surface area (Å²) in [6.07, 6.45) is 0. The van der Waals surface area contributed by atoms with Crippen molar-refractivity contribution in [3.05, 3.63) is 93.5 Å². The number of hydrogen-bond donors (Lipinski definition) is 1. The molecule has 0 atom stereocenters. The number of ether oxygens (including phenoxy) is 1. The Bertz CT molecular complexity index is 924. The van der Waals surface area contributed by atoms with E-state index in [1.54, 1.807) is 36.4 Å². The smallest absolute Gasteiger partial charge is 0.255 e. The molecule has 5 heteroatoms. The maximum Gasteiger partial charge on any atom is 0.255 e. The first-order chi connectivity index (χ1) is 12.5. The van der Waals surface area contributed by atoms with Crippen LogP contribution in [-0.2, 0) is 6.61 Å². The average molecular weight is 386 g/mol. The lowest BCUT2D eigenvalue weighted by atomic mass is 10.2. The van der Waals surface area contributed by atoms with Gasteiger partial charge in [-0.2, -0.15) is 0 Å². The number of rotatable bonds is 5. The maximum atomic E-state index is 12.4. The summed E-state index contributed by atoms with van der Waals surface area (Å²) in [4.78, 5) is 12.4. The fourth-order valence-corrected chi connectivity index (χ4v) is 2.68. The van der Waals surface area contributed by atoms with Gasteiger partial charge in [0.1, 0.15) is 12.4 Å². The highest BCUT2D eigenvalue weighted by atomic mass is 35.5. The Labute approximate surface area is 162 Å². The van der Waals surface area contributed by atoms with Crippen molar-refractivity contribution in [3.8, 4) is 5.75 Å². The van der Waals surface area contributed by atoms with E-state index in [4.69, 9.17) is 27.9 Å². The monoisotopic (exact) mass is 385 g/mol. The first-order valence-corrected chi connectivity index (χ1v) is 8.82. The number of amides is 1. The molecule has 3 nitrogen and oxygen atoms in total. The van der Waals surface area contributed by atoms with Crippen LogP contribution in [0.5, 0.6) is 5.75 Å². The molecule has 0 fully saturated rings. The molecule has 132 valence electrons. The van der Waals surface area contributed by atoms with Gasteiger partial charge in [-0.1, -0.05) is 53.0 Å². The third-order valence-corrected chi connectivity index (χ3v) is 4.53. The van der Waals surface area contributed by atoms with E-state index in [2.05, 4.69) is 5.32 Å². The molecule has 1 amide bonds. The molecule has 0 aliphatic rings. The zero-order valence-electron chi connectivity index (χ0n) is 14.1. The number of halogens is 2. The molecular formula is C21H17Cl2NO2. The average Bonchev–Trinajstić information content (AvgIpc) is 2.65. The molecule has 3 rings (SSSR count). The SMILES string of the molecule is Cc1ccc(NC(=O)c2cccc(OCc3ccc(Cl)c(Cl)c3)c2)cc1. The number of carbonyl (C=O) groups is 1. The number of aryl methyl sites for hydroxylation is 1. The van der Waals surface area contributed by atoms with Crippen LogP contribution in [0, 0.1) is 6.92 Å². The van der Waals surface area contributed by atoms with Gasteiger partial charge in [0.25, 0.3) is 5.91 Å². The number of anilines is 1. The molecular weight excluding hydrogens is 369 g/mol. The van der Waals surface area contributed by atoms with Gasteiger partial charge in [-0.15, -0.1) is 0 Å². The zero-order valence-corrected chi connectivity index (χ0v) is 15.6. The quantitative estimate of drug-likeness (QED) is 0.573. The Morgan fingerprint density at radius 2 is 1.73 bits per heavy atom. The minimum absolute atomic E-state index is 0.186. The Hall–Kier alpha value is -2.49. The van der Waals surface area contributed by atoms with Gasteiger partial charge in [-0.25, -0.2) is 0 Å². The highest BCUT2D eigenvalue weighted by molar-refractivity contribution is 6.42. The van der Waals surface area contributed by atoms with Crippen LogP contribution in [-0.4, -0.2) is 5.91 Å². The number of hydrogen-bond acceptors (Lipinski definition) is 2. The second-order valence-electron chi connectivity index (χ2n) is 5.89. The third-order valence-electron chi connectivity index (χ3n) is 3.80. The van der Waals surface area contributed by atoms with E-state index in [9.17, 15) is 4.79 Å². The molecule has 26 heavy (non-hydrogen) atoms. The summed E-state index contributed by atoms with van der Waals surface area (Å²) in [5, 5.41) is 3.86. The van der Waals surface area contributed by atoms with E-state index >= 15 is 0 Å². The summed E-state index contributed by atoms with van der Waals surface area (Å²) in [5.41, 5.74) is 3.31. The van der Waals surface area contributed by atoms with Crippen LogP contribution in [0.2, 0.25) is 10.0 Å². The second-order valence-corrected chi connectivity index (χ2v) is 6.70. The largest absolute Gasteiger partial charge is 0.489 e. The van der Waals surface area contributed by atoms with Gasteiger partial charge in [0.2, 0.25) is 0 Å². The maximum absolute atomic E-state index is 12.4. The topological polar surface area (TPSA) is 38.3 Å². The van der Waals surface area contributed by atoms with E-state index in [0.717, 1.165) is 16.8 Å². The Kier molecular flexibility index (Phi) is 5.82. The predicted octanol–water partition coefficient (Wildman–Crippen LogP) is 6.13. The Balaban J connectivity index is 1.66. The molecule has 0 heterocycles. The summed E-state index contributed by atoms with van der Waals surface area (Å²) in [7, 11) is 0. The molecule has 0 aliphatic heterocycles. The molecule has 0 unspecified atom stereocenters. The standard InChI is InChI=1S/C21H17Cl2NO2/c1-14-5-8-17(9-6-14)24-21(25)16-3-2-4-18(12-16)26-13-15-7-10-19(22)20(23)11-15/h2-12H,13H2,1H3,(H,24,25). The van der Waals surface area contributed by atoms with Crippen LogP contribution in [0.3, 0.4) is 0 Å². The van der Waals surface area contributed by atoms with Gasteiger partial charge >= 0.3 is 0 Å². The molecule has 3 aromatic carbocycles. The Morgan fingerprint density at radius 3 is 2.46 bits per heavy atom. The van der Waals surface area contributed by atoms with Crippen LogP contribution in [0.4, 0.5) is 5.69 Å². The normalized spacial score (nSPS) is 10.4. The molecule has 0 bridgehead atoms. The molecule has 0 saturated heterocycles. The summed E-state index contributed by atoms with van der Waals surface area (Å²) >= 11 is 11.9. The molecule has 3 aromatic rings. The van der Waals surface area contributed by atoms with E-state index in [1.165, 1.54) is 0 Å². The van der Waals surface area contributed by atoms with Gasteiger partial charge < -0.3 is 10.1 Å². The third kappa shape index (κ3) is 4.78. The van der Waals surface area contributed by atoms with Crippen LogP contribution in [0.1, 0.15) is 21.5 Å². The molecule has 0 spiro atoms. The molecule has 1 N–H and O–H groups in total. The summed E-state index contributed by atoms with van der Waals surface area (Å²) in [5.74, 6) is 0.418. The Morgan fingerprint density at radius 1 is 0.962 bits per heavy atom. The summed E-state index contributed by atoms with van der Waals surface area (Å²) in [6.45, 7) is 2.33. The van der Waals surface area contributed by atoms with E-state index < -0.39 is 0 Å². The van der Waals surface area contributed by atoms with Gasteiger partial charge in [-0.05, 0) is 55.0 Å². The van der Waals surface area contributed by atoms with Crippen LogP contribution in [0.15, 0.2) is 66.7 Å². The van der Waals surface area contributed by atoms with Crippen LogP contribution < -0.4 is 10.1 Å². The molecule has 0 radical (unpaired) electrons. The van der Waals surface area contributed by atoms with Crippen molar-refractivity contribution in [2.75, 3.05) is 5.32 Å². The predicted molar refractivity (Wildman–Crippen MR) is 106 cm³/mol. The minimum Gasteiger partial charge on any atom is -0.489 e. The van der Waals surface area contributed by atoms with Gasteiger partial charge in [-0.3, -0.25) is 4.79 Å². The highest BCUT2D eigenvalue weighted by Crippen LogP contribution is 2.24. The molecule has 0 saturated carbocycles. The van der Waals surface area contributed by atoms with Crippen molar-refractivity contribution in [3.63, 3.8) is 0 Å². The van der Waals surface area contributed by atoms with Gasteiger partial charge in [0.15, 0.2) is 0 Å². The highest BCUT2D eigenvalue weighted by Gasteiger charge is 2.08. The number of carbonyl (C=O) groups excluding carboxylic acids is 1. The van der Waals surface area contributed by atoms with Gasteiger partial charge in [0.05, 0.1) is 10.0 Å². The fraction of sp³-hybridized carbons (Fsp3) is 0.0952. The lowest BCUT2D eigenvalue weighted by Gasteiger charge is -2.10. The minimum atomic E-state index is -0.186. The van der Waals surface area contributed by atoms with Gasteiger partial charge in [0, 0.05) is 11.3 Å². The second kappa shape index (κ2) is 8.26. The van der Waals surface area contributed by atoms with Crippen molar-refractivity contribution < 1.29 is 9.53 Å². The zero-order chi connectivity index (χ0) is 18.5. The van der Waals surface area contributed by atoms with E-state index in [-0.39, 0.29) is 5.91 Å². The van der Waals surface area contributed by atoms with Crippen LogP contribution >= 0.6 is 23.2 Å². The molecule has 0 aliphatic carbocycles. The summed E-state index contributed by atoms with van der Waals surface area (Å²) < 4.78 is 5.76. The van der Waals surface area contributed by atoms with Crippen molar-refractivity contribution >= 4 is 34.8 Å². The fourth-order valence-electron chi connectivity index (χ4n) is 2.36. The summed E-state index contributed by atoms with van der Waals surface area (Å²) in [6, 6.07) is 20.0. The van der Waals surface area contributed by atoms with E-state index in [1.807, 2.05) is 37.3 Å². The van der Waals surface area contributed by atoms with Crippen molar-refractivity contribution in [2.45, 2.75) is 13.5 Å². The van der Waals surface area contributed by atoms with Crippen molar-refractivity contribution in [1.29, 1.82) is 0 Å². The first kappa shape index (κ1) is 18.3. The van der Waals surface area contributed by atoms with E-state index in [0.29, 0.717) is 28.0 Å².